The van der Waals surface area contributed by atoms with Crippen LogP contribution in [0.2, 0.25) is 0 Å². The Bertz CT molecular complexity index is 776. The summed E-state index contributed by atoms with van der Waals surface area (Å²) in [6, 6.07) is 0. The van der Waals surface area contributed by atoms with Gasteiger partial charge in [0.25, 0.3) is 10.1 Å². The van der Waals surface area contributed by atoms with Gasteiger partial charge >= 0.3 is 47.5 Å². The molecule has 0 saturated heterocycles. The summed E-state index contributed by atoms with van der Waals surface area (Å²) in [5.74, 6) is -2.26. The molecule has 0 aromatic carbocycles. The monoisotopic (exact) mass is 528 g/mol. The van der Waals surface area contributed by atoms with E-state index in [1.165, 1.54) is 13.8 Å². The molecule has 0 rings (SSSR count). The molecule has 0 saturated carbocycles. The minimum atomic E-state index is -3.98. The standard InChI is InChI=1S/C24H40O9S.Na.H/c1-6-7-8-11-14-24(17-32-21(25)19(2)3,18-33-22(26)20(4)5)23(27)31-15-12-9-10-13-16-34(28,29)30;;/h2,4,6-18H2,1,3,5H3,(H,28,29,30);;. The number of hydrogen-bond acceptors (Lipinski definition) is 8. The molecule has 9 nitrogen and oxygen atoms in total. The third-order valence-electron chi connectivity index (χ3n) is 5.13. The van der Waals surface area contributed by atoms with Gasteiger partial charge in [0.2, 0.25) is 0 Å². The Morgan fingerprint density at radius 1 is 0.800 bits per heavy atom. The van der Waals surface area contributed by atoms with Crippen molar-refractivity contribution in [3.63, 3.8) is 0 Å². The van der Waals surface area contributed by atoms with Crippen LogP contribution in [0.25, 0.3) is 0 Å². The predicted octanol–water partition coefficient (Wildman–Crippen LogP) is 3.52. The molecule has 0 aromatic heterocycles. The first kappa shape index (κ1) is 36.0. The molecule has 0 atom stereocenters. The summed E-state index contributed by atoms with van der Waals surface area (Å²) in [6.07, 6.45) is 5.69. The third-order valence-corrected chi connectivity index (χ3v) is 5.93. The molecule has 0 heterocycles. The first-order chi connectivity index (χ1) is 15.8. The van der Waals surface area contributed by atoms with E-state index >= 15 is 0 Å². The number of carbonyl (C=O) groups excluding carboxylic acids is 3. The van der Waals surface area contributed by atoms with Crippen molar-refractivity contribution in [1.29, 1.82) is 0 Å². The fourth-order valence-electron chi connectivity index (χ4n) is 3.01. The molecule has 1 N–H and O–H groups in total. The van der Waals surface area contributed by atoms with Crippen molar-refractivity contribution in [1.82, 2.24) is 0 Å². The van der Waals surface area contributed by atoms with Crippen LogP contribution >= 0.6 is 0 Å². The van der Waals surface area contributed by atoms with E-state index in [0.29, 0.717) is 38.5 Å². The van der Waals surface area contributed by atoms with Crippen molar-refractivity contribution in [3.8, 4) is 0 Å². The second kappa shape index (κ2) is 19.0. The molecule has 35 heavy (non-hydrogen) atoms. The van der Waals surface area contributed by atoms with Gasteiger partial charge in [0.1, 0.15) is 18.6 Å². The zero-order valence-electron chi connectivity index (χ0n) is 20.7. The second-order valence-corrected chi connectivity index (χ2v) is 10.2. The van der Waals surface area contributed by atoms with Gasteiger partial charge in [0.15, 0.2) is 0 Å². The molecule has 0 spiro atoms. The Morgan fingerprint density at radius 2 is 1.29 bits per heavy atom. The molecule has 0 aliphatic carbocycles. The molecular weight excluding hydrogens is 487 g/mol. The van der Waals surface area contributed by atoms with E-state index in [2.05, 4.69) is 20.1 Å². The minimum absolute atomic E-state index is 0. The van der Waals surface area contributed by atoms with Gasteiger partial charge in [0.05, 0.1) is 12.4 Å². The van der Waals surface area contributed by atoms with E-state index in [4.69, 9.17) is 18.8 Å². The van der Waals surface area contributed by atoms with Gasteiger partial charge < -0.3 is 14.2 Å². The Balaban J connectivity index is 0. The van der Waals surface area contributed by atoms with Crippen LogP contribution in [-0.4, -0.2) is 86.0 Å². The molecule has 0 unspecified atom stereocenters. The maximum atomic E-state index is 13.2. The van der Waals surface area contributed by atoms with Gasteiger partial charge in [0, 0.05) is 11.1 Å². The number of esters is 3. The summed E-state index contributed by atoms with van der Waals surface area (Å²) >= 11 is 0. The molecular formula is C24H41NaO9S. The number of unbranched alkanes of at least 4 members (excludes halogenated alkanes) is 6. The quantitative estimate of drug-likeness (QED) is 0.0667. The Hall–Kier alpha value is -1.20. The number of rotatable bonds is 19. The molecule has 0 bridgehead atoms. The van der Waals surface area contributed by atoms with Crippen molar-refractivity contribution in [3.05, 3.63) is 24.3 Å². The van der Waals surface area contributed by atoms with Crippen molar-refractivity contribution < 1.29 is 41.6 Å². The van der Waals surface area contributed by atoms with E-state index in [1.807, 2.05) is 0 Å². The summed E-state index contributed by atoms with van der Waals surface area (Å²) in [6.45, 7) is 11.6. The van der Waals surface area contributed by atoms with Crippen LogP contribution in [0.4, 0.5) is 0 Å². The first-order valence-electron chi connectivity index (χ1n) is 11.6. The fourth-order valence-corrected chi connectivity index (χ4v) is 3.58. The third kappa shape index (κ3) is 17.0. The van der Waals surface area contributed by atoms with Gasteiger partial charge in [-0.25, -0.2) is 9.59 Å². The van der Waals surface area contributed by atoms with E-state index < -0.39 is 33.4 Å². The average molecular weight is 529 g/mol. The SMILES string of the molecule is C=C(C)C(=O)OCC(CCCCCC)(COC(=O)C(=C)C)C(=O)OCCCCCCS(=O)(=O)O.[NaH]. The molecule has 0 aliphatic heterocycles. The molecule has 11 heteroatoms. The topological polar surface area (TPSA) is 133 Å². The summed E-state index contributed by atoms with van der Waals surface area (Å²) in [7, 11) is -3.98. The summed E-state index contributed by atoms with van der Waals surface area (Å²) in [5.41, 5.74) is -1.01. The van der Waals surface area contributed by atoms with Crippen LogP contribution in [0, 0.1) is 5.41 Å². The average Bonchev–Trinajstić information content (AvgIpc) is 2.75. The number of hydrogen-bond donors (Lipinski definition) is 1. The predicted molar refractivity (Wildman–Crippen MR) is 136 cm³/mol. The van der Waals surface area contributed by atoms with Gasteiger partial charge in [-0.3, -0.25) is 9.35 Å². The summed E-state index contributed by atoms with van der Waals surface area (Å²) in [4.78, 5) is 37.2. The molecule has 198 valence electrons. The second-order valence-electron chi connectivity index (χ2n) is 8.64. The molecule has 0 fully saturated rings. The molecule has 0 amide bonds. The first-order valence-corrected chi connectivity index (χ1v) is 13.2. The van der Waals surface area contributed by atoms with Gasteiger partial charge in [-0.1, -0.05) is 58.6 Å². The van der Waals surface area contributed by atoms with Crippen molar-refractivity contribution in [2.24, 2.45) is 5.41 Å². The van der Waals surface area contributed by atoms with Crippen molar-refractivity contribution in [2.75, 3.05) is 25.6 Å². The molecule has 0 aromatic rings. The van der Waals surface area contributed by atoms with Crippen LogP contribution in [0.3, 0.4) is 0 Å². The Kier molecular flexibility index (Phi) is 19.5. The van der Waals surface area contributed by atoms with Crippen LogP contribution in [0.15, 0.2) is 24.3 Å². The van der Waals surface area contributed by atoms with Crippen molar-refractivity contribution >= 4 is 57.6 Å². The van der Waals surface area contributed by atoms with Crippen LogP contribution in [-0.2, 0) is 38.7 Å². The Morgan fingerprint density at radius 3 is 1.74 bits per heavy atom. The van der Waals surface area contributed by atoms with Gasteiger partial charge in [-0.2, -0.15) is 8.42 Å². The van der Waals surface area contributed by atoms with Crippen molar-refractivity contribution in [2.45, 2.75) is 78.6 Å². The number of carbonyl (C=O) groups is 3. The zero-order valence-corrected chi connectivity index (χ0v) is 21.5. The van der Waals surface area contributed by atoms with E-state index in [1.54, 1.807) is 0 Å². The molecule has 0 radical (unpaired) electrons. The van der Waals surface area contributed by atoms with E-state index in [-0.39, 0.29) is 66.3 Å². The Labute approximate surface area is 232 Å². The summed E-state index contributed by atoms with van der Waals surface area (Å²) in [5, 5.41) is 0. The maximum absolute atomic E-state index is 13.2. The normalized spacial score (nSPS) is 11.2. The van der Waals surface area contributed by atoms with E-state index in [0.717, 1.165) is 19.3 Å². The number of ether oxygens (including phenoxy) is 3. The molecule has 0 aliphatic rings. The van der Waals surface area contributed by atoms with Gasteiger partial charge in [-0.05, 0) is 33.1 Å². The van der Waals surface area contributed by atoms with Gasteiger partial charge in [-0.15, -0.1) is 0 Å². The van der Waals surface area contributed by atoms with E-state index in [9.17, 15) is 22.8 Å². The summed E-state index contributed by atoms with van der Waals surface area (Å²) < 4.78 is 46.3. The van der Waals surface area contributed by atoms with Crippen LogP contribution < -0.4 is 0 Å². The zero-order chi connectivity index (χ0) is 26.2. The van der Waals surface area contributed by atoms with Crippen LogP contribution in [0.5, 0.6) is 0 Å². The van der Waals surface area contributed by atoms with Crippen LogP contribution in [0.1, 0.15) is 78.6 Å². The fraction of sp³-hybridized carbons (Fsp3) is 0.708.